The second kappa shape index (κ2) is 3.51. The Morgan fingerprint density at radius 3 is 2.86 bits per heavy atom. The van der Waals surface area contributed by atoms with Gasteiger partial charge in [-0.1, -0.05) is 0 Å². The summed E-state index contributed by atoms with van der Waals surface area (Å²) in [6.07, 6.45) is 2.54. The molecule has 0 radical (unpaired) electrons. The van der Waals surface area contributed by atoms with E-state index >= 15 is 0 Å². The summed E-state index contributed by atoms with van der Waals surface area (Å²) >= 11 is 0. The minimum Gasteiger partial charge on any atom is -0.354 e. The van der Waals surface area contributed by atoms with Crippen LogP contribution in [-0.4, -0.2) is 42.5 Å². The minimum absolute atomic E-state index is 0.0533. The number of hydrogen-bond acceptors (Lipinski definition) is 3. The number of nitrogens with two attached hydrogens (primary N) is 1. The van der Waals surface area contributed by atoms with E-state index in [4.69, 9.17) is 5.73 Å². The molecular weight excluding hydrogens is 178 g/mol. The number of hydrogen-bond donors (Lipinski definition) is 2. The molecule has 4 heteroatoms. The first-order valence-electron chi connectivity index (χ1n) is 5.38. The topological polar surface area (TPSA) is 58.4 Å². The lowest BCUT2D eigenvalue weighted by Crippen LogP contribution is -2.60. The molecule has 1 atom stereocenters. The molecule has 3 N–H and O–H groups in total. The predicted octanol–water partition coefficient (Wildman–Crippen LogP) is -0.454. The van der Waals surface area contributed by atoms with Gasteiger partial charge in [0.15, 0.2) is 0 Å². The van der Waals surface area contributed by atoms with E-state index in [1.807, 2.05) is 0 Å². The molecule has 2 rings (SSSR count). The molecule has 2 fully saturated rings. The van der Waals surface area contributed by atoms with Crippen LogP contribution in [0.4, 0.5) is 0 Å². The third-order valence-electron chi connectivity index (χ3n) is 3.63. The van der Waals surface area contributed by atoms with E-state index < -0.39 is 0 Å². The van der Waals surface area contributed by atoms with Gasteiger partial charge in [-0.3, -0.25) is 9.69 Å². The standard InChI is InChI=1S/C10H19N3O/c1-10(7-11,8-2-3-8)13-5-4-12-9(14)6-13/h8H,2-7,11H2,1H3,(H,12,14). The summed E-state index contributed by atoms with van der Waals surface area (Å²) in [7, 11) is 0. The third kappa shape index (κ3) is 1.64. The second-order valence-corrected chi connectivity index (χ2v) is 4.61. The fourth-order valence-electron chi connectivity index (χ4n) is 2.33. The normalized spacial score (nSPS) is 28.3. The Kier molecular flexibility index (Phi) is 2.49. The number of amides is 1. The van der Waals surface area contributed by atoms with Crippen LogP contribution in [0.5, 0.6) is 0 Å². The van der Waals surface area contributed by atoms with E-state index in [0.29, 0.717) is 19.0 Å². The van der Waals surface area contributed by atoms with Gasteiger partial charge in [0.25, 0.3) is 0 Å². The van der Waals surface area contributed by atoms with E-state index in [-0.39, 0.29) is 11.4 Å². The maximum Gasteiger partial charge on any atom is 0.234 e. The number of carbonyl (C=O) groups is 1. The van der Waals surface area contributed by atoms with Gasteiger partial charge in [-0.25, -0.2) is 0 Å². The van der Waals surface area contributed by atoms with Crippen molar-refractivity contribution < 1.29 is 4.79 Å². The van der Waals surface area contributed by atoms with Gasteiger partial charge in [-0.2, -0.15) is 0 Å². The summed E-state index contributed by atoms with van der Waals surface area (Å²) in [4.78, 5) is 13.5. The highest BCUT2D eigenvalue weighted by Crippen LogP contribution is 2.42. The van der Waals surface area contributed by atoms with Crippen molar-refractivity contribution in [1.29, 1.82) is 0 Å². The molecule has 0 bridgehead atoms. The van der Waals surface area contributed by atoms with Crippen LogP contribution in [0.25, 0.3) is 0 Å². The van der Waals surface area contributed by atoms with E-state index in [1.54, 1.807) is 0 Å². The monoisotopic (exact) mass is 197 g/mol. The molecule has 0 spiro atoms. The highest BCUT2D eigenvalue weighted by molar-refractivity contribution is 5.78. The van der Waals surface area contributed by atoms with Crippen LogP contribution in [0.2, 0.25) is 0 Å². The van der Waals surface area contributed by atoms with Crippen molar-refractivity contribution in [2.24, 2.45) is 11.7 Å². The third-order valence-corrected chi connectivity index (χ3v) is 3.63. The van der Waals surface area contributed by atoms with E-state index in [1.165, 1.54) is 12.8 Å². The zero-order valence-corrected chi connectivity index (χ0v) is 8.75. The van der Waals surface area contributed by atoms with Crippen LogP contribution >= 0.6 is 0 Å². The summed E-state index contributed by atoms with van der Waals surface area (Å²) in [6, 6.07) is 0. The Morgan fingerprint density at radius 2 is 2.36 bits per heavy atom. The van der Waals surface area contributed by atoms with Crippen LogP contribution in [0.1, 0.15) is 19.8 Å². The Labute approximate surface area is 84.8 Å². The van der Waals surface area contributed by atoms with Gasteiger partial charge >= 0.3 is 0 Å². The van der Waals surface area contributed by atoms with Crippen LogP contribution in [0.3, 0.4) is 0 Å². The van der Waals surface area contributed by atoms with Crippen molar-refractivity contribution in [2.75, 3.05) is 26.2 Å². The van der Waals surface area contributed by atoms with Gasteiger partial charge in [-0.05, 0) is 25.7 Å². The smallest absolute Gasteiger partial charge is 0.234 e. The molecule has 1 amide bonds. The predicted molar refractivity (Wildman–Crippen MR) is 54.8 cm³/mol. The molecule has 2 aliphatic rings. The zero-order valence-electron chi connectivity index (χ0n) is 8.75. The lowest BCUT2D eigenvalue weighted by molar-refractivity contribution is -0.126. The van der Waals surface area contributed by atoms with E-state index in [9.17, 15) is 4.79 Å². The molecular formula is C10H19N3O. The summed E-state index contributed by atoms with van der Waals surface area (Å²) in [6.45, 7) is 5.08. The van der Waals surface area contributed by atoms with Crippen molar-refractivity contribution in [3.8, 4) is 0 Å². The summed E-state index contributed by atoms with van der Waals surface area (Å²) in [5.41, 5.74) is 5.90. The number of rotatable bonds is 3. The average Bonchev–Trinajstić information content (AvgIpc) is 3.00. The van der Waals surface area contributed by atoms with Gasteiger partial charge in [0, 0.05) is 25.2 Å². The Morgan fingerprint density at radius 1 is 1.64 bits per heavy atom. The first kappa shape index (κ1) is 9.93. The van der Waals surface area contributed by atoms with Crippen LogP contribution in [-0.2, 0) is 4.79 Å². The van der Waals surface area contributed by atoms with Gasteiger partial charge < -0.3 is 11.1 Å². The number of carbonyl (C=O) groups excluding carboxylic acids is 1. The number of piperazine rings is 1. The molecule has 1 saturated heterocycles. The van der Waals surface area contributed by atoms with Crippen molar-refractivity contribution in [1.82, 2.24) is 10.2 Å². The molecule has 0 aromatic rings. The van der Waals surface area contributed by atoms with E-state index in [2.05, 4.69) is 17.1 Å². The quantitative estimate of drug-likeness (QED) is 0.644. The van der Waals surface area contributed by atoms with Gasteiger partial charge in [0.2, 0.25) is 5.91 Å². The maximum absolute atomic E-state index is 11.3. The van der Waals surface area contributed by atoms with Crippen molar-refractivity contribution in [3.63, 3.8) is 0 Å². The lowest BCUT2D eigenvalue weighted by Gasteiger charge is -2.42. The molecule has 1 heterocycles. The molecule has 14 heavy (non-hydrogen) atoms. The first-order valence-corrected chi connectivity index (χ1v) is 5.38. The fourth-order valence-corrected chi connectivity index (χ4v) is 2.33. The van der Waals surface area contributed by atoms with Crippen molar-refractivity contribution in [3.05, 3.63) is 0 Å². The second-order valence-electron chi connectivity index (χ2n) is 4.61. The zero-order chi connectivity index (χ0) is 10.2. The average molecular weight is 197 g/mol. The summed E-state index contributed by atoms with van der Waals surface area (Å²) in [5.74, 6) is 0.843. The Hall–Kier alpha value is -0.610. The molecule has 4 nitrogen and oxygen atoms in total. The van der Waals surface area contributed by atoms with Gasteiger partial charge in [0.05, 0.1) is 6.54 Å². The SMILES string of the molecule is CC(CN)(C1CC1)N1CCNC(=O)C1. The van der Waals surface area contributed by atoms with Crippen molar-refractivity contribution >= 4 is 5.91 Å². The van der Waals surface area contributed by atoms with Crippen molar-refractivity contribution in [2.45, 2.75) is 25.3 Å². The number of nitrogens with one attached hydrogen (secondary N) is 1. The highest BCUT2D eigenvalue weighted by atomic mass is 16.2. The Balaban J connectivity index is 2.06. The van der Waals surface area contributed by atoms with Crippen LogP contribution in [0, 0.1) is 5.92 Å². The van der Waals surface area contributed by atoms with Gasteiger partial charge in [-0.15, -0.1) is 0 Å². The molecule has 1 saturated carbocycles. The fraction of sp³-hybridized carbons (Fsp3) is 0.900. The molecule has 1 aliphatic heterocycles. The van der Waals surface area contributed by atoms with E-state index in [0.717, 1.165) is 13.1 Å². The highest BCUT2D eigenvalue weighted by Gasteiger charge is 2.45. The first-order chi connectivity index (χ1) is 6.66. The summed E-state index contributed by atoms with van der Waals surface area (Å²) in [5, 5.41) is 2.85. The minimum atomic E-state index is 0.0533. The molecule has 0 aromatic heterocycles. The molecule has 1 unspecified atom stereocenters. The maximum atomic E-state index is 11.3. The molecule has 1 aliphatic carbocycles. The van der Waals surface area contributed by atoms with Gasteiger partial charge in [0.1, 0.15) is 0 Å². The molecule has 80 valence electrons. The molecule has 0 aromatic carbocycles. The lowest BCUT2D eigenvalue weighted by atomic mass is 9.93. The van der Waals surface area contributed by atoms with Crippen LogP contribution in [0.15, 0.2) is 0 Å². The summed E-state index contributed by atoms with van der Waals surface area (Å²) < 4.78 is 0. The Bertz CT molecular complexity index is 240. The van der Waals surface area contributed by atoms with Crippen LogP contribution < -0.4 is 11.1 Å². The number of nitrogens with zero attached hydrogens (tertiary/aromatic N) is 1. The largest absolute Gasteiger partial charge is 0.354 e.